The van der Waals surface area contributed by atoms with E-state index < -0.39 is 24.3 Å². The number of ether oxygens (including phenoxy) is 2. The molecule has 3 rings (SSSR count). The largest absolute Gasteiger partial charge is 0.492 e. The van der Waals surface area contributed by atoms with Crippen LogP contribution in [0.25, 0.3) is 11.6 Å². The molecule has 160 valence electrons. The molecule has 3 aromatic rings. The maximum absolute atomic E-state index is 12.8. The van der Waals surface area contributed by atoms with Gasteiger partial charge in [0.1, 0.15) is 5.75 Å². The van der Waals surface area contributed by atoms with Gasteiger partial charge in [0.25, 0.3) is 5.88 Å². The van der Waals surface area contributed by atoms with E-state index >= 15 is 0 Å². The molecule has 0 saturated carbocycles. The lowest BCUT2D eigenvalue weighted by atomic mass is 10.2. The van der Waals surface area contributed by atoms with Crippen molar-refractivity contribution >= 4 is 21.9 Å². The molecule has 2 aromatic heterocycles. The van der Waals surface area contributed by atoms with Gasteiger partial charge in [0.15, 0.2) is 6.54 Å². The maximum Gasteiger partial charge on any atom is 0.416 e. The van der Waals surface area contributed by atoms with Crippen LogP contribution in [0.15, 0.2) is 33.3 Å². The summed E-state index contributed by atoms with van der Waals surface area (Å²) in [6, 6.07) is 4.54. The summed E-state index contributed by atoms with van der Waals surface area (Å²) in [5, 5.41) is 23.4. The van der Waals surface area contributed by atoms with E-state index in [9.17, 15) is 18.0 Å². The van der Waals surface area contributed by atoms with E-state index in [0.717, 1.165) is 16.9 Å². The SMILES string of the molecule is O=C(O)Cn1nnc(-c2cc(OCCCOc3cc(C(F)(F)F)ccc3Br)no2)n1. The molecule has 0 radical (unpaired) electrons. The lowest BCUT2D eigenvalue weighted by molar-refractivity contribution is -0.138. The molecule has 0 fully saturated rings. The zero-order valence-electron chi connectivity index (χ0n) is 15.0. The van der Waals surface area contributed by atoms with E-state index in [4.69, 9.17) is 19.1 Å². The number of hydrogen-bond acceptors (Lipinski definition) is 8. The number of carboxylic acids is 1. The van der Waals surface area contributed by atoms with Gasteiger partial charge in [-0.15, -0.1) is 10.2 Å². The first-order chi connectivity index (χ1) is 14.2. The Labute approximate surface area is 174 Å². The second kappa shape index (κ2) is 9.11. The topological polar surface area (TPSA) is 125 Å². The van der Waals surface area contributed by atoms with Crippen molar-refractivity contribution < 1.29 is 37.1 Å². The molecular weight excluding hydrogens is 479 g/mol. The Morgan fingerprint density at radius 2 is 2.00 bits per heavy atom. The molecule has 0 amide bonds. The number of halogens is 4. The van der Waals surface area contributed by atoms with Gasteiger partial charge in [-0.25, -0.2) is 0 Å². The Balaban J connectivity index is 1.47. The third-order valence-corrected chi connectivity index (χ3v) is 4.15. The first kappa shape index (κ1) is 21.5. The van der Waals surface area contributed by atoms with Gasteiger partial charge in [-0.3, -0.25) is 4.79 Å². The van der Waals surface area contributed by atoms with Crippen LogP contribution in [-0.4, -0.2) is 49.7 Å². The fourth-order valence-corrected chi connectivity index (χ4v) is 2.53. The number of carbonyl (C=O) groups is 1. The van der Waals surface area contributed by atoms with Crippen LogP contribution in [0.5, 0.6) is 11.6 Å². The minimum absolute atomic E-state index is 0.0383. The van der Waals surface area contributed by atoms with Crippen molar-refractivity contribution in [1.29, 1.82) is 0 Å². The molecule has 0 bridgehead atoms. The third kappa shape index (κ3) is 5.68. The minimum Gasteiger partial charge on any atom is -0.492 e. The number of nitrogens with zero attached hydrogens (tertiary/aromatic N) is 5. The quantitative estimate of drug-likeness (QED) is 0.449. The lowest BCUT2D eigenvalue weighted by Gasteiger charge is -2.12. The number of alkyl halides is 3. The summed E-state index contributed by atoms with van der Waals surface area (Å²) in [6.45, 7) is -0.191. The van der Waals surface area contributed by atoms with Crippen LogP contribution in [0.2, 0.25) is 0 Å². The second-order valence-corrected chi connectivity index (χ2v) is 6.61. The highest BCUT2D eigenvalue weighted by Gasteiger charge is 2.31. The number of carboxylic acid groups (broad SMARTS) is 1. The number of aliphatic carboxylic acids is 1. The van der Waals surface area contributed by atoms with Crippen molar-refractivity contribution in [2.75, 3.05) is 13.2 Å². The molecule has 0 atom stereocenters. The maximum atomic E-state index is 12.8. The van der Waals surface area contributed by atoms with E-state index in [1.807, 2.05) is 0 Å². The van der Waals surface area contributed by atoms with E-state index in [1.165, 1.54) is 12.1 Å². The normalized spacial score (nSPS) is 11.5. The van der Waals surface area contributed by atoms with E-state index in [1.54, 1.807) is 0 Å². The van der Waals surface area contributed by atoms with Crippen LogP contribution < -0.4 is 9.47 Å². The zero-order chi connectivity index (χ0) is 21.7. The molecule has 14 heteroatoms. The van der Waals surface area contributed by atoms with Crippen LogP contribution in [0.3, 0.4) is 0 Å². The summed E-state index contributed by atoms with van der Waals surface area (Å²) in [6.07, 6.45) is -4.10. The highest BCUT2D eigenvalue weighted by molar-refractivity contribution is 9.10. The molecule has 2 heterocycles. The van der Waals surface area contributed by atoms with Gasteiger partial charge in [-0.1, -0.05) is 0 Å². The first-order valence-corrected chi connectivity index (χ1v) is 9.10. The van der Waals surface area contributed by atoms with Crippen LogP contribution in [0.1, 0.15) is 12.0 Å². The fraction of sp³-hybridized carbons (Fsp3) is 0.312. The van der Waals surface area contributed by atoms with E-state index in [2.05, 4.69) is 36.5 Å². The van der Waals surface area contributed by atoms with Gasteiger partial charge in [0, 0.05) is 6.42 Å². The predicted octanol–water partition coefficient (Wildman–Crippen LogP) is 3.04. The minimum atomic E-state index is -4.46. The Morgan fingerprint density at radius 1 is 1.23 bits per heavy atom. The summed E-state index contributed by atoms with van der Waals surface area (Å²) >= 11 is 3.15. The van der Waals surface area contributed by atoms with Gasteiger partial charge >= 0.3 is 12.1 Å². The van der Waals surface area contributed by atoms with Crippen LogP contribution in [-0.2, 0) is 17.5 Å². The average Bonchev–Trinajstić information content (AvgIpc) is 3.30. The molecule has 10 nitrogen and oxygen atoms in total. The smallest absolute Gasteiger partial charge is 0.416 e. The zero-order valence-corrected chi connectivity index (χ0v) is 16.6. The molecule has 1 aromatic carbocycles. The molecule has 0 aliphatic carbocycles. The Bertz CT molecular complexity index is 1020. The fourth-order valence-electron chi connectivity index (χ4n) is 2.17. The summed E-state index contributed by atoms with van der Waals surface area (Å²) in [7, 11) is 0. The molecular formula is C16H13BrF3N5O5. The van der Waals surface area contributed by atoms with Crippen molar-refractivity contribution in [1.82, 2.24) is 25.4 Å². The number of hydrogen-bond donors (Lipinski definition) is 1. The van der Waals surface area contributed by atoms with Crippen LogP contribution in [0, 0.1) is 0 Å². The second-order valence-electron chi connectivity index (χ2n) is 5.76. The molecule has 0 spiro atoms. The van der Waals surface area contributed by atoms with Gasteiger partial charge < -0.3 is 19.1 Å². The van der Waals surface area contributed by atoms with Crippen molar-refractivity contribution in [2.45, 2.75) is 19.1 Å². The van der Waals surface area contributed by atoms with Crippen molar-refractivity contribution in [3.05, 3.63) is 34.3 Å². The number of tetrazole rings is 1. The molecule has 0 unspecified atom stereocenters. The number of aromatic nitrogens is 5. The van der Waals surface area contributed by atoms with Crippen LogP contribution >= 0.6 is 15.9 Å². The molecule has 0 aliphatic rings. The average molecular weight is 492 g/mol. The molecule has 0 aliphatic heterocycles. The highest BCUT2D eigenvalue weighted by atomic mass is 79.9. The van der Waals surface area contributed by atoms with Gasteiger partial charge in [-0.05, 0) is 44.5 Å². The summed E-state index contributed by atoms with van der Waals surface area (Å²) < 4.78 is 54.5. The standard InChI is InChI=1S/C16H13BrF3N5O5/c17-10-3-2-9(16(18,19)20)6-11(10)28-4-1-5-29-13-7-12(30-23-13)15-21-24-25(22-15)8-14(26)27/h2-3,6-7H,1,4-5,8H2,(H,26,27). The monoisotopic (exact) mass is 491 g/mol. The van der Waals surface area contributed by atoms with E-state index in [0.29, 0.717) is 10.9 Å². The van der Waals surface area contributed by atoms with E-state index in [-0.39, 0.29) is 36.4 Å². The number of rotatable bonds is 9. The lowest BCUT2D eigenvalue weighted by Crippen LogP contribution is -2.11. The Kier molecular flexibility index (Phi) is 6.54. The third-order valence-electron chi connectivity index (χ3n) is 3.49. The van der Waals surface area contributed by atoms with Gasteiger partial charge in [0.05, 0.1) is 29.3 Å². The van der Waals surface area contributed by atoms with Gasteiger partial charge in [-0.2, -0.15) is 18.0 Å². The Hall–Kier alpha value is -3.16. The van der Waals surface area contributed by atoms with Crippen molar-refractivity contribution in [3.8, 4) is 23.2 Å². The first-order valence-electron chi connectivity index (χ1n) is 8.31. The van der Waals surface area contributed by atoms with Crippen molar-refractivity contribution in [2.24, 2.45) is 0 Å². The summed E-state index contributed by atoms with van der Waals surface area (Å²) in [5.74, 6) is -0.758. The van der Waals surface area contributed by atoms with Crippen molar-refractivity contribution in [3.63, 3.8) is 0 Å². The summed E-state index contributed by atoms with van der Waals surface area (Å²) in [5.41, 5.74) is -0.805. The molecule has 0 saturated heterocycles. The summed E-state index contributed by atoms with van der Waals surface area (Å²) in [4.78, 5) is 11.5. The number of benzene rings is 1. The predicted molar refractivity (Wildman–Crippen MR) is 95.7 cm³/mol. The highest BCUT2D eigenvalue weighted by Crippen LogP contribution is 2.35. The Morgan fingerprint density at radius 3 is 2.73 bits per heavy atom. The van der Waals surface area contributed by atoms with Gasteiger partial charge in [0.2, 0.25) is 11.6 Å². The van der Waals surface area contributed by atoms with Crippen LogP contribution in [0.4, 0.5) is 13.2 Å². The molecule has 30 heavy (non-hydrogen) atoms. The molecule has 1 N–H and O–H groups in total.